The van der Waals surface area contributed by atoms with Gasteiger partial charge in [0.05, 0.1) is 6.61 Å². The molecule has 2 unspecified atom stereocenters. The van der Waals surface area contributed by atoms with Gasteiger partial charge in [0.2, 0.25) is 0 Å². The first-order valence-corrected chi connectivity index (χ1v) is 3.67. The Morgan fingerprint density at radius 2 is 2.00 bits per heavy atom. The van der Waals surface area contributed by atoms with Crippen LogP contribution in [0.4, 0.5) is 0 Å². The molecule has 0 aliphatic rings. The fourth-order valence-corrected chi connectivity index (χ4v) is 1.16. The third-order valence-corrected chi connectivity index (χ3v) is 1.72. The number of rotatable bonds is 4. The highest BCUT2D eigenvalue weighted by atomic mass is 16.3. The monoisotopic (exact) mass is 146 g/mol. The molecule has 0 fully saturated rings. The Morgan fingerprint density at radius 3 is 2.10 bits per heavy atom. The summed E-state index contributed by atoms with van der Waals surface area (Å²) in [7, 11) is 1.86. The summed E-state index contributed by atoms with van der Waals surface area (Å²) in [4.78, 5) is 0. The number of aliphatic hydroxyl groups excluding tert-OH is 1. The first-order chi connectivity index (χ1) is 4.63. The first-order valence-electron chi connectivity index (χ1n) is 3.67. The average Bonchev–Trinajstić information content (AvgIpc) is 1.88. The van der Waals surface area contributed by atoms with E-state index in [-0.39, 0.29) is 18.7 Å². The molecule has 62 valence electrons. The summed E-state index contributed by atoms with van der Waals surface area (Å²) in [5.41, 5.74) is 5.62. The molecule has 3 heteroatoms. The van der Waals surface area contributed by atoms with E-state index < -0.39 is 0 Å². The molecule has 0 saturated carbocycles. The molecule has 0 aromatic carbocycles. The summed E-state index contributed by atoms with van der Waals surface area (Å²) in [6.07, 6.45) is 0. The van der Waals surface area contributed by atoms with Gasteiger partial charge < -0.3 is 16.2 Å². The molecule has 0 radical (unpaired) electrons. The quantitative estimate of drug-likeness (QED) is 0.503. The summed E-state index contributed by atoms with van der Waals surface area (Å²) in [6, 6.07) is 0.0648. The van der Waals surface area contributed by atoms with Gasteiger partial charge in [-0.1, -0.05) is 13.8 Å². The molecule has 0 heterocycles. The maximum Gasteiger partial charge on any atom is 0.0597 e. The molecule has 0 saturated heterocycles. The van der Waals surface area contributed by atoms with Crippen LogP contribution in [0.2, 0.25) is 0 Å². The van der Waals surface area contributed by atoms with Gasteiger partial charge in [-0.25, -0.2) is 0 Å². The van der Waals surface area contributed by atoms with Crippen LogP contribution in [-0.4, -0.2) is 30.8 Å². The van der Waals surface area contributed by atoms with Gasteiger partial charge in [-0.3, -0.25) is 0 Å². The van der Waals surface area contributed by atoms with Gasteiger partial charge in [0.1, 0.15) is 0 Å². The van der Waals surface area contributed by atoms with E-state index in [9.17, 15) is 0 Å². The molecule has 3 nitrogen and oxygen atoms in total. The van der Waals surface area contributed by atoms with Crippen LogP contribution in [0.15, 0.2) is 0 Å². The van der Waals surface area contributed by atoms with Crippen LogP contribution in [0.3, 0.4) is 0 Å². The molecule has 0 aliphatic carbocycles. The Hall–Kier alpha value is -0.120. The van der Waals surface area contributed by atoms with Gasteiger partial charge in [-0.05, 0) is 13.0 Å². The van der Waals surface area contributed by atoms with Crippen molar-refractivity contribution >= 4 is 0 Å². The Balaban J connectivity index is 3.80. The minimum Gasteiger partial charge on any atom is -0.395 e. The molecule has 2 atom stereocenters. The topological polar surface area (TPSA) is 58.3 Å². The Bertz CT molecular complexity index is 85.7. The zero-order valence-electron chi connectivity index (χ0n) is 6.96. The lowest BCUT2D eigenvalue weighted by molar-refractivity contribution is 0.219. The molecule has 0 aromatic rings. The number of likely N-dealkylation sites (N-methyl/N-ethyl adjacent to an activating group) is 1. The normalized spacial score (nSPS) is 17.4. The summed E-state index contributed by atoms with van der Waals surface area (Å²) in [5, 5.41) is 11.8. The molecular formula is C7H18N2O. The van der Waals surface area contributed by atoms with Gasteiger partial charge in [0.25, 0.3) is 0 Å². The summed E-state index contributed by atoms with van der Waals surface area (Å²) in [5.74, 6) is 0.465. The van der Waals surface area contributed by atoms with E-state index in [0.717, 1.165) is 0 Å². The maximum atomic E-state index is 8.72. The van der Waals surface area contributed by atoms with Crippen molar-refractivity contribution in [2.24, 2.45) is 11.7 Å². The van der Waals surface area contributed by atoms with E-state index in [2.05, 4.69) is 19.2 Å². The van der Waals surface area contributed by atoms with Crippen LogP contribution < -0.4 is 11.1 Å². The molecule has 0 aromatic heterocycles. The lowest BCUT2D eigenvalue weighted by atomic mass is 9.98. The lowest BCUT2D eigenvalue weighted by Gasteiger charge is -2.25. The van der Waals surface area contributed by atoms with Crippen molar-refractivity contribution in [1.82, 2.24) is 5.32 Å². The minimum absolute atomic E-state index is 0.0453. The minimum atomic E-state index is -0.148. The highest BCUT2D eigenvalue weighted by molar-refractivity contribution is 4.79. The number of aliphatic hydroxyl groups is 1. The predicted octanol–water partition coefficient (Wildman–Crippen LogP) is -0.450. The average molecular weight is 146 g/mol. The summed E-state index contributed by atoms with van der Waals surface area (Å²) < 4.78 is 0. The fraction of sp³-hybridized carbons (Fsp3) is 1.00. The van der Waals surface area contributed by atoms with E-state index in [1.54, 1.807) is 0 Å². The number of nitrogens with one attached hydrogen (secondary N) is 1. The molecule has 0 bridgehead atoms. The number of hydrogen-bond acceptors (Lipinski definition) is 3. The summed E-state index contributed by atoms with van der Waals surface area (Å²) >= 11 is 0. The smallest absolute Gasteiger partial charge is 0.0597 e. The second-order valence-electron chi connectivity index (χ2n) is 2.90. The number of nitrogens with two attached hydrogens (primary N) is 1. The molecule has 4 N–H and O–H groups in total. The van der Waals surface area contributed by atoms with Crippen molar-refractivity contribution in [2.75, 3.05) is 13.7 Å². The van der Waals surface area contributed by atoms with E-state index in [1.165, 1.54) is 0 Å². The van der Waals surface area contributed by atoms with Crippen molar-refractivity contribution in [3.05, 3.63) is 0 Å². The molecular weight excluding hydrogens is 128 g/mol. The van der Waals surface area contributed by atoms with Gasteiger partial charge in [0, 0.05) is 12.1 Å². The van der Waals surface area contributed by atoms with Crippen molar-refractivity contribution in [2.45, 2.75) is 25.9 Å². The van der Waals surface area contributed by atoms with E-state index in [0.29, 0.717) is 5.92 Å². The van der Waals surface area contributed by atoms with Crippen molar-refractivity contribution in [3.63, 3.8) is 0 Å². The van der Waals surface area contributed by atoms with Crippen LogP contribution in [0.25, 0.3) is 0 Å². The summed E-state index contributed by atoms with van der Waals surface area (Å²) in [6.45, 7) is 4.21. The largest absolute Gasteiger partial charge is 0.395 e. The van der Waals surface area contributed by atoms with Crippen molar-refractivity contribution < 1.29 is 5.11 Å². The first kappa shape index (κ1) is 9.88. The second kappa shape index (κ2) is 4.66. The van der Waals surface area contributed by atoms with Crippen LogP contribution in [0.1, 0.15) is 13.8 Å². The molecule has 0 amide bonds. The molecule has 0 aliphatic heterocycles. The van der Waals surface area contributed by atoms with Crippen LogP contribution in [0, 0.1) is 5.92 Å². The molecule has 0 rings (SSSR count). The Morgan fingerprint density at radius 1 is 1.50 bits per heavy atom. The van der Waals surface area contributed by atoms with Crippen LogP contribution in [0.5, 0.6) is 0 Å². The second-order valence-corrected chi connectivity index (χ2v) is 2.90. The van der Waals surface area contributed by atoms with Crippen molar-refractivity contribution in [3.8, 4) is 0 Å². The van der Waals surface area contributed by atoms with Gasteiger partial charge in [0.15, 0.2) is 0 Å². The lowest BCUT2D eigenvalue weighted by Crippen LogP contribution is -2.48. The zero-order chi connectivity index (χ0) is 8.15. The van der Waals surface area contributed by atoms with E-state index in [4.69, 9.17) is 10.8 Å². The third kappa shape index (κ3) is 2.64. The highest BCUT2D eigenvalue weighted by Crippen LogP contribution is 2.03. The van der Waals surface area contributed by atoms with Crippen molar-refractivity contribution in [1.29, 1.82) is 0 Å². The van der Waals surface area contributed by atoms with E-state index >= 15 is 0 Å². The van der Waals surface area contributed by atoms with E-state index in [1.807, 2.05) is 7.05 Å². The number of hydrogen-bond donors (Lipinski definition) is 3. The predicted molar refractivity (Wildman–Crippen MR) is 42.7 cm³/mol. The third-order valence-electron chi connectivity index (χ3n) is 1.72. The van der Waals surface area contributed by atoms with Crippen LogP contribution in [-0.2, 0) is 0 Å². The highest BCUT2D eigenvalue weighted by Gasteiger charge is 2.17. The Labute approximate surface area is 62.6 Å². The molecule has 10 heavy (non-hydrogen) atoms. The molecule has 0 spiro atoms. The van der Waals surface area contributed by atoms with Gasteiger partial charge in [-0.2, -0.15) is 0 Å². The standard InChI is InChI=1S/C7H18N2O/c1-5(2)7(9-3)6(8)4-10/h5-7,9-10H,4,8H2,1-3H3. The Kier molecular flexibility index (Phi) is 4.60. The van der Waals surface area contributed by atoms with Crippen LogP contribution >= 0.6 is 0 Å². The zero-order valence-corrected chi connectivity index (χ0v) is 6.96. The maximum absolute atomic E-state index is 8.72. The van der Waals surface area contributed by atoms with Gasteiger partial charge in [-0.15, -0.1) is 0 Å². The van der Waals surface area contributed by atoms with Gasteiger partial charge >= 0.3 is 0 Å². The fourth-order valence-electron chi connectivity index (χ4n) is 1.16. The SMILES string of the molecule is CNC(C(C)C)C(N)CO.